The van der Waals surface area contributed by atoms with Crippen molar-refractivity contribution in [1.82, 2.24) is 0 Å². The van der Waals surface area contributed by atoms with Gasteiger partial charge in [-0.3, -0.25) is 0 Å². The van der Waals surface area contributed by atoms with Crippen molar-refractivity contribution < 1.29 is 37.3 Å². The molecule has 29 heavy (non-hydrogen) atoms. The molecule has 0 atom stereocenters. The number of rotatable bonds is 7. The molecular weight excluding hydrogens is 388 g/mol. The molecule has 0 saturated carbocycles. The van der Waals surface area contributed by atoms with Crippen LogP contribution in [0.3, 0.4) is 0 Å². The van der Waals surface area contributed by atoms with Crippen molar-refractivity contribution in [2.75, 3.05) is 21.3 Å². The molecule has 3 rings (SSSR count). The zero-order valence-corrected chi connectivity index (χ0v) is 15.8. The Hall–Kier alpha value is -3.62. The number of esters is 1. The van der Waals surface area contributed by atoms with E-state index in [1.54, 1.807) is 18.2 Å². The first kappa shape index (κ1) is 20.1. The van der Waals surface area contributed by atoms with Crippen LogP contribution in [-0.4, -0.2) is 39.8 Å². The summed E-state index contributed by atoms with van der Waals surface area (Å²) in [6, 6.07) is 9.22. The van der Waals surface area contributed by atoms with Crippen LogP contribution in [0, 0.1) is 0 Å². The Kier molecular flexibility index (Phi) is 5.96. The molecule has 0 spiro atoms. The number of aliphatic imine (C=N–C) groups is 1. The summed E-state index contributed by atoms with van der Waals surface area (Å²) in [4.78, 5) is 16.4. The molecule has 1 aliphatic heterocycles. The Balaban J connectivity index is 1.93. The smallest absolute Gasteiger partial charge is 0.387 e. The Morgan fingerprint density at radius 2 is 1.66 bits per heavy atom. The number of hydrogen-bond acceptors (Lipinski definition) is 7. The fourth-order valence-electron chi connectivity index (χ4n) is 2.59. The fourth-order valence-corrected chi connectivity index (χ4v) is 2.59. The SMILES string of the molecule is COc1cc(OC)cc(C2=NC(=Cc3ccc(OC(F)F)c(OC)c3)C(=O)O2)c1. The highest BCUT2D eigenvalue weighted by Gasteiger charge is 2.25. The van der Waals surface area contributed by atoms with Crippen LogP contribution in [0.1, 0.15) is 11.1 Å². The summed E-state index contributed by atoms with van der Waals surface area (Å²) in [5.41, 5.74) is 1.02. The van der Waals surface area contributed by atoms with Crippen molar-refractivity contribution in [2.24, 2.45) is 4.99 Å². The second-order valence-electron chi connectivity index (χ2n) is 5.73. The van der Waals surface area contributed by atoms with Gasteiger partial charge in [-0.1, -0.05) is 6.07 Å². The van der Waals surface area contributed by atoms with Gasteiger partial charge >= 0.3 is 12.6 Å². The second-order valence-corrected chi connectivity index (χ2v) is 5.73. The van der Waals surface area contributed by atoms with Gasteiger partial charge in [-0.15, -0.1) is 0 Å². The van der Waals surface area contributed by atoms with Gasteiger partial charge in [-0.25, -0.2) is 9.79 Å². The number of cyclic esters (lactones) is 1. The molecule has 0 saturated heterocycles. The minimum atomic E-state index is -2.98. The lowest BCUT2D eigenvalue weighted by Gasteiger charge is -2.10. The molecular formula is C20H17F2NO6. The van der Waals surface area contributed by atoms with Crippen molar-refractivity contribution in [2.45, 2.75) is 6.61 Å². The van der Waals surface area contributed by atoms with Crippen molar-refractivity contribution in [1.29, 1.82) is 0 Å². The number of halogens is 2. The van der Waals surface area contributed by atoms with E-state index in [0.717, 1.165) is 0 Å². The van der Waals surface area contributed by atoms with Crippen LogP contribution in [0.15, 0.2) is 47.1 Å². The number of benzene rings is 2. The maximum atomic E-state index is 12.4. The number of alkyl halides is 2. The van der Waals surface area contributed by atoms with Crippen molar-refractivity contribution in [3.05, 3.63) is 53.2 Å². The van der Waals surface area contributed by atoms with Gasteiger partial charge in [-0.2, -0.15) is 8.78 Å². The number of methoxy groups -OCH3 is 3. The number of ether oxygens (including phenoxy) is 5. The summed E-state index contributed by atoms with van der Waals surface area (Å²) in [5.74, 6) is 0.417. The van der Waals surface area contributed by atoms with E-state index >= 15 is 0 Å². The quantitative estimate of drug-likeness (QED) is 0.517. The molecule has 0 aliphatic carbocycles. The minimum absolute atomic E-state index is 0.0337. The van der Waals surface area contributed by atoms with Crippen LogP contribution >= 0.6 is 0 Å². The predicted octanol–water partition coefficient (Wildman–Crippen LogP) is 3.66. The number of carbonyl (C=O) groups is 1. The highest BCUT2D eigenvalue weighted by molar-refractivity contribution is 6.13. The van der Waals surface area contributed by atoms with E-state index in [-0.39, 0.29) is 23.1 Å². The average Bonchev–Trinajstić information content (AvgIpc) is 3.08. The van der Waals surface area contributed by atoms with E-state index in [1.807, 2.05) is 0 Å². The van der Waals surface area contributed by atoms with Crippen LogP contribution in [-0.2, 0) is 9.53 Å². The zero-order chi connectivity index (χ0) is 21.0. The third-order valence-corrected chi connectivity index (χ3v) is 3.93. The summed E-state index contributed by atoms with van der Waals surface area (Å²) in [6.45, 7) is -2.98. The van der Waals surface area contributed by atoms with E-state index in [4.69, 9.17) is 18.9 Å². The standard InChI is InChI=1S/C20H17F2NO6/c1-25-13-8-12(9-14(10-13)26-2)18-23-15(19(24)29-18)6-11-4-5-16(28-20(21)22)17(7-11)27-3/h4-10,20H,1-3H3. The van der Waals surface area contributed by atoms with Crippen molar-refractivity contribution >= 4 is 17.9 Å². The molecule has 7 nitrogen and oxygen atoms in total. The van der Waals surface area contributed by atoms with E-state index < -0.39 is 12.6 Å². The highest BCUT2D eigenvalue weighted by Crippen LogP contribution is 2.31. The van der Waals surface area contributed by atoms with Gasteiger partial charge in [0.2, 0.25) is 5.90 Å². The van der Waals surface area contributed by atoms with Crippen LogP contribution in [0.25, 0.3) is 6.08 Å². The Morgan fingerprint density at radius 3 is 2.24 bits per heavy atom. The van der Waals surface area contributed by atoms with Gasteiger partial charge in [0.25, 0.3) is 0 Å². The zero-order valence-electron chi connectivity index (χ0n) is 15.8. The monoisotopic (exact) mass is 405 g/mol. The van der Waals surface area contributed by atoms with Crippen molar-refractivity contribution in [3.63, 3.8) is 0 Å². The second kappa shape index (κ2) is 8.59. The first-order chi connectivity index (χ1) is 13.9. The van der Waals surface area contributed by atoms with Crippen LogP contribution in [0.2, 0.25) is 0 Å². The lowest BCUT2D eigenvalue weighted by molar-refractivity contribution is -0.129. The van der Waals surface area contributed by atoms with Gasteiger partial charge in [0.1, 0.15) is 11.5 Å². The first-order valence-corrected chi connectivity index (χ1v) is 8.32. The molecule has 0 amide bonds. The molecule has 0 bridgehead atoms. The molecule has 0 unspecified atom stereocenters. The van der Waals surface area contributed by atoms with Gasteiger partial charge < -0.3 is 23.7 Å². The van der Waals surface area contributed by atoms with Crippen LogP contribution in [0.5, 0.6) is 23.0 Å². The third kappa shape index (κ3) is 4.63. The largest absolute Gasteiger partial charge is 0.497 e. The fraction of sp³-hybridized carbons (Fsp3) is 0.200. The molecule has 1 aliphatic rings. The molecule has 0 N–H and O–H groups in total. The normalized spacial score (nSPS) is 14.6. The number of hydrogen-bond donors (Lipinski definition) is 0. The number of nitrogens with zero attached hydrogens (tertiary/aromatic N) is 1. The molecule has 0 aromatic heterocycles. The van der Waals surface area contributed by atoms with E-state index in [0.29, 0.717) is 22.6 Å². The molecule has 1 heterocycles. The Bertz CT molecular complexity index is 965. The summed E-state index contributed by atoms with van der Waals surface area (Å²) in [7, 11) is 4.32. The minimum Gasteiger partial charge on any atom is -0.497 e. The lowest BCUT2D eigenvalue weighted by Crippen LogP contribution is -2.06. The van der Waals surface area contributed by atoms with Crippen LogP contribution in [0.4, 0.5) is 8.78 Å². The summed E-state index contributed by atoms with van der Waals surface area (Å²) < 4.78 is 50.0. The molecule has 9 heteroatoms. The van der Waals surface area contributed by atoms with Crippen molar-refractivity contribution in [3.8, 4) is 23.0 Å². The van der Waals surface area contributed by atoms with Crippen LogP contribution < -0.4 is 18.9 Å². The maximum absolute atomic E-state index is 12.4. The van der Waals surface area contributed by atoms with E-state index in [2.05, 4.69) is 9.73 Å². The average molecular weight is 405 g/mol. The summed E-state index contributed by atoms with van der Waals surface area (Å²) in [5, 5.41) is 0. The molecule has 2 aromatic carbocycles. The van der Waals surface area contributed by atoms with Gasteiger partial charge in [-0.05, 0) is 35.9 Å². The van der Waals surface area contributed by atoms with E-state index in [9.17, 15) is 13.6 Å². The first-order valence-electron chi connectivity index (χ1n) is 8.32. The van der Waals surface area contributed by atoms with Gasteiger partial charge in [0.15, 0.2) is 17.2 Å². The highest BCUT2D eigenvalue weighted by atomic mass is 19.3. The maximum Gasteiger partial charge on any atom is 0.387 e. The van der Waals surface area contributed by atoms with E-state index in [1.165, 1.54) is 45.6 Å². The number of carbonyl (C=O) groups excluding carboxylic acids is 1. The summed E-state index contributed by atoms with van der Waals surface area (Å²) >= 11 is 0. The van der Waals surface area contributed by atoms with Gasteiger partial charge in [0, 0.05) is 11.6 Å². The summed E-state index contributed by atoms with van der Waals surface area (Å²) in [6.07, 6.45) is 1.45. The van der Waals surface area contributed by atoms with Gasteiger partial charge in [0.05, 0.1) is 21.3 Å². The Morgan fingerprint density at radius 1 is 0.966 bits per heavy atom. The predicted molar refractivity (Wildman–Crippen MR) is 99.8 cm³/mol. The molecule has 0 fully saturated rings. The molecule has 2 aromatic rings. The third-order valence-electron chi connectivity index (χ3n) is 3.93. The Labute approximate surface area is 165 Å². The molecule has 0 radical (unpaired) electrons. The topological polar surface area (TPSA) is 75.6 Å². The molecule has 152 valence electrons. The lowest BCUT2D eigenvalue weighted by atomic mass is 10.1.